The molecule has 0 fully saturated rings. The Hall–Kier alpha value is -1.53. The van der Waals surface area contributed by atoms with Crippen LogP contribution in [0.1, 0.15) is 45.2 Å². The normalized spacial score (nSPS) is 15.5. The fourth-order valence-electron chi connectivity index (χ4n) is 2.41. The molecule has 0 bridgehead atoms. The van der Waals surface area contributed by atoms with Gasteiger partial charge in [-0.15, -0.1) is 0 Å². The third kappa shape index (κ3) is 4.86. The molecule has 0 aliphatic heterocycles. The minimum absolute atomic E-state index is 0.0204. The molecule has 1 N–H and O–H groups in total. The summed E-state index contributed by atoms with van der Waals surface area (Å²) >= 11 is 0. The maximum atomic E-state index is 9.36. The molecule has 2 atom stereocenters. The highest BCUT2D eigenvalue weighted by Crippen LogP contribution is 2.21. The van der Waals surface area contributed by atoms with Gasteiger partial charge in [-0.1, -0.05) is 6.07 Å². The van der Waals surface area contributed by atoms with Crippen LogP contribution in [-0.2, 0) is 0 Å². The zero-order valence-corrected chi connectivity index (χ0v) is 13.4. The molecule has 0 heterocycles. The molecule has 0 spiro atoms. The molecule has 0 radical (unpaired) electrons. The summed E-state index contributed by atoms with van der Waals surface area (Å²) in [7, 11) is 0. The fraction of sp³-hybridized carbons (Fsp3) is 0.588. The first-order valence-corrected chi connectivity index (χ1v) is 7.18. The average molecular weight is 274 g/mol. The molecule has 110 valence electrons. The van der Waals surface area contributed by atoms with Crippen molar-refractivity contribution in [2.24, 2.45) is 0 Å². The third-order valence-corrected chi connectivity index (χ3v) is 3.37. The number of nitriles is 1. The Morgan fingerprint density at radius 1 is 1.25 bits per heavy atom. The summed E-state index contributed by atoms with van der Waals surface area (Å²) in [6.45, 7) is 12.2. The third-order valence-electron chi connectivity index (χ3n) is 3.37. The van der Waals surface area contributed by atoms with E-state index in [0.29, 0.717) is 6.42 Å². The Morgan fingerprint density at radius 2 is 1.90 bits per heavy atom. The monoisotopic (exact) mass is 274 g/mol. The van der Waals surface area contributed by atoms with E-state index in [-0.39, 0.29) is 12.1 Å². The molecule has 3 heteroatoms. The van der Waals surface area contributed by atoms with Crippen LogP contribution in [0.5, 0.6) is 5.75 Å². The maximum Gasteiger partial charge on any atom is 0.119 e. The predicted octanol–water partition coefficient (Wildman–Crippen LogP) is 3.74. The summed E-state index contributed by atoms with van der Waals surface area (Å²) in [5.74, 6) is 0.866. The van der Waals surface area contributed by atoms with Crippen LogP contribution in [0.15, 0.2) is 18.2 Å². The number of hydrogen-bond acceptors (Lipinski definition) is 3. The van der Waals surface area contributed by atoms with Gasteiger partial charge >= 0.3 is 0 Å². The van der Waals surface area contributed by atoms with Gasteiger partial charge in [0.1, 0.15) is 11.3 Å². The molecule has 0 saturated carbocycles. The van der Waals surface area contributed by atoms with Crippen LogP contribution in [0.25, 0.3) is 0 Å². The zero-order valence-electron chi connectivity index (χ0n) is 13.4. The van der Waals surface area contributed by atoms with Crippen LogP contribution in [0.3, 0.4) is 0 Å². The van der Waals surface area contributed by atoms with Gasteiger partial charge in [0.25, 0.3) is 0 Å². The van der Waals surface area contributed by atoms with Crippen LogP contribution in [0, 0.1) is 25.2 Å². The van der Waals surface area contributed by atoms with E-state index >= 15 is 0 Å². The Kier molecular flexibility index (Phi) is 5.59. The molecule has 1 rings (SSSR count). The lowest BCUT2D eigenvalue weighted by Gasteiger charge is -2.29. The van der Waals surface area contributed by atoms with Crippen LogP contribution in [0.2, 0.25) is 0 Å². The standard InChI is InChI=1S/C17H26N2O/c1-12(2)19-17(6,11-18)10-15(5)20-16-8-7-13(3)14(4)9-16/h7-9,12,15,19H,10H2,1-6H3. The second-order valence-corrected chi connectivity index (χ2v) is 6.12. The highest BCUT2D eigenvalue weighted by Gasteiger charge is 2.27. The van der Waals surface area contributed by atoms with Gasteiger partial charge in [-0.2, -0.15) is 5.26 Å². The van der Waals surface area contributed by atoms with Crippen molar-refractivity contribution in [2.45, 2.75) is 65.6 Å². The molecule has 1 aromatic rings. The van der Waals surface area contributed by atoms with E-state index in [0.717, 1.165) is 5.75 Å². The molecule has 20 heavy (non-hydrogen) atoms. The molecule has 1 aromatic carbocycles. The highest BCUT2D eigenvalue weighted by molar-refractivity contribution is 5.33. The molecule has 0 amide bonds. The fourth-order valence-corrected chi connectivity index (χ4v) is 2.41. The minimum atomic E-state index is -0.562. The van der Waals surface area contributed by atoms with E-state index in [9.17, 15) is 5.26 Å². The first-order valence-electron chi connectivity index (χ1n) is 7.18. The first kappa shape index (κ1) is 16.5. The Morgan fingerprint density at radius 3 is 2.40 bits per heavy atom. The Bertz CT molecular complexity index is 490. The molecule has 3 nitrogen and oxygen atoms in total. The van der Waals surface area contributed by atoms with Crippen molar-refractivity contribution in [1.82, 2.24) is 5.32 Å². The van der Waals surface area contributed by atoms with Crippen molar-refractivity contribution in [1.29, 1.82) is 5.26 Å². The minimum Gasteiger partial charge on any atom is -0.491 e. The van der Waals surface area contributed by atoms with Gasteiger partial charge in [0.2, 0.25) is 0 Å². The van der Waals surface area contributed by atoms with Crippen molar-refractivity contribution in [3.05, 3.63) is 29.3 Å². The zero-order chi connectivity index (χ0) is 15.3. The molecular weight excluding hydrogens is 248 g/mol. The van der Waals surface area contributed by atoms with E-state index in [4.69, 9.17) is 4.74 Å². The quantitative estimate of drug-likeness (QED) is 0.859. The first-order chi connectivity index (χ1) is 9.25. The Balaban J connectivity index is 2.69. The van der Waals surface area contributed by atoms with Gasteiger partial charge in [-0.3, -0.25) is 5.32 Å². The number of rotatable bonds is 6. The Labute approximate surface area is 123 Å². The van der Waals surface area contributed by atoms with Crippen molar-refractivity contribution in [3.8, 4) is 11.8 Å². The predicted molar refractivity (Wildman–Crippen MR) is 82.9 cm³/mol. The van der Waals surface area contributed by atoms with E-state index in [2.05, 4.69) is 31.3 Å². The van der Waals surface area contributed by atoms with Gasteiger partial charge in [-0.05, 0) is 64.8 Å². The molecule has 0 aromatic heterocycles. The van der Waals surface area contributed by atoms with Gasteiger partial charge in [0, 0.05) is 12.5 Å². The number of ether oxygens (including phenoxy) is 1. The average Bonchev–Trinajstić information content (AvgIpc) is 2.32. The SMILES string of the molecule is Cc1ccc(OC(C)CC(C)(C#N)NC(C)C)cc1C. The van der Waals surface area contributed by atoms with Gasteiger partial charge in [0.05, 0.1) is 12.2 Å². The molecule has 0 aliphatic carbocycles. The van der Waals surface area contributed by atoms with Crippen molar-refractivity contribution in [2.75, 3.05) is 0 Å². The lowest BCUT2D eigenvalue weighted by atomic mass is 9.95. The largest absolute Gasteiger partial charge is 0.491 e. The second kappa shape index (κ2) is 6.76. The van der Waals surface area contributed by atoms with Crippen LogP contribution in [-0.4, -0.2) is 17.7 Å². The van der Waals surface area contributed by atoms with E-state index in [1.165, 1.54) is 11.1 Å². The smallest absolute Gasteiger partial charge is 0.119 e. The van der Waals surface area contributed by atoms with Gasteiger partial charge < -0.3 is 4.74 Å². The van der Waals surface area contributed by atoms with Crippen molar-refractivity contribution < 1.29 is 4.74 Å². The topological polar surface area (TPSA) is 45.0 Å². The summed E-state index contributed by atoms with van der Waals surface area (Å²) in [6, 6.07) is 8.72. The van der Waals surface area contributed by atoms with Crippen LogP contribution in [0.4, 0.5) is 0 Å². The summed E-state index contributed by atoms with van der Waals surface area (Å²) in [5.41, 5.74) is 1.92. The summed E-state index contributed by atoms with van der Waals surface area (Å²) in [5, 5.41) is 12.7. The number of nitrogens with zero attached hydrogens (tertiary/aromatic N) is 1. The number of benzene rings is 1. The van der Waals surface area contributed by atoms with E-state index in [1.54, 1.807) is 0 Å². The summed E-state index contributed by atoms with van der Waals surface area (Å²) in [4.78, 5) is 0. The van der Waals surface area contributed by atoms with Crippen molar-refractivity contribution in [3.63, 3.8) is 0 Å². The summed E-state index contributed by atoms with van der Waals surface area (Å²) < 4.78 is 5.94. The number of nitrogens with one attached hydrogen (secondary N) is 1. The van der Waals surface area contributed by atoms with Crippen molar-refractivity contribution >= 4 is 0 Å². The van der Waals surface area contributed by atoms with E-state index in [1.807, 2.05) is 39.8 Å². The lowest BCUT2D eigenvalue weighted by Crippen LogP contribution is -2.47. The van der Waals surface area contributed by atoms with E-state index < -0.39 is 5.54 Å². The van der Waals surface area contributed by atoms with Gasteiger partial charge in [0.15, 0.2) is 0 Å². The number of hydrogen-bond donors (Lipinski definition) is 1. The van der Waals surface area contributed by atoms with Gasteiger partial charge in [-0.25, -0.2) is 0 Å². The second-order valence-electron chi connectivity index (χ2n) is 6.12. The van der Waals surface area contributed by atoms with Crippen LogP contribution >= 0.6 is 0 Å². The molecule has 2 unspecified atom stereocenters. The maximum absolute atomic E-state index is 9.36. The highest BCUT2D eigenvalue weighted by atomic mass is 16.5. The van der Waals surface area contributed by atoms with Crippen LogP contribution < -0.4 is 10.1 Å². The lowest BCUT2D eigenvalue weighted by molar-refractivity contribution is 0.176. The summed E-state index contributed by atoms with van der Waals surface area (Å²) in [6.07, 6.45) is 0.627. The number of aryl methyl sites for hydroxylation is 2. The molecular formula is C17H26N2O. The molecule has 0 aliphatic rings. The molecule has 0 saturated heterocycles.